The Kier molecular flexibility index (Phi) is 12.6. The summed E-state index contributed by atoms with van der Waals surface area (Å²) in [5.74, 6) is 0.483. The maximum Gasteiger partial charge on any atom is 0.207 e. The number of unbranched alkanes of at least 4 members (excludes halogenated alkanes) is 5. The lowest BCUT2D eigenvalue weighted by Gasteiger charge is -2.27. The third-order valence-electron chi connectivity index (χ3n) is 7.90. The van der Waals surface area contributed by atoms with Crippen molar-refractivity contribution in [2.75, 3.05) is 20.4 Å². The van der Waals surface area contributed by atoms with Crippen LogP contribution >= 0.6 is 7.26 Å². The average Bonchev–Trinajstić information content (AvgIpc) is 3.01. The minimum Gasteiger partial charge on any atom is -1.00 e. The molecule has 4 nitrogen and oxygen atoms in total. The van der Waals surface area contributed by atoms with Crippen LogP contribution in [-0.4, -0.2) is 30.6 Å². The number of rotatable bonds is 14. The Morgan fingerprint density at radius 3 is 1.39 bits per heavy atom. The highest BCUT2D eigenvalue weighted by atomic mass is 79.9. The van der Waals surface area contributed by atoms with Crippen LogP contribution < -0.4 is 42.4 Å². The molecule has 0 atom stereocenters. The van der Waals surface area contributed by atoms with E-state index in [0.29, 0.717) is 12.0 Å². The van der Waals surface area contributed by atoms with Gasteiger partial charge in [-0.15, -0.1) is 0 Å². The topological polar surface area (TPSA) is 58.9 Å². The SMILES string of the molecule is COc1c(O)c(C)c(CCCCCCCC[P+](c2ccccc2)(c2ccccc2)c2ccccc2)c(O)c1OC.[Br-]. The van der Waals surface area contributed by atoms with Crippen molar-refractivity contribution in [1.82, 2.24) is 0 Å². The number of phenolic OH excluding ortho intramolecular Hbond substituents is 2. The molecule has 0 radical (unpaired) electrons. The minimum atomic E-state index is -1.76. The summed E-state index contributed by atoms with van der Waals surface area (Å²) in [6.07, 6.45) is 8.56. The summed E-state index contributed by atoms with van der Waals surface area (Å²) in [5.41, 5.74) is 1.39. The Labute approximate surface area is 256 Å². The molecule has 0 aromatic heterocycles. The van der Waals surface area contributed by atoms with E-state index in [9.17, 15) is 10.2 Å². The van der Waals surface area contributed by atoms with E-state index < -0.39 is 7.26 Å². The Morgan fingerprint density at radius 2 is 0.951 bits per heavy atom. The van der Waals surface area contributed by atoms with Gasteiger partial charge in [-0.1, -0.05) is 73.9 Å². The van der Waals surface area contributed by atoms with Crippen molar-refractivity contribution < 1.29 is 36.7 Å². The van der Waals surface area contributed by atoms with Crippen molar-refractivity contribution in [3.63, 3.8) is 0 Å². The van der Waals surface area contributed by atoms with E-state index >= 15 is 0 Å². The van der Waals surface area contributed by atoms with Crippen LogP contribution in [0, 0.1) is 6.92 Å². The van der Waals surface area contributed by atoms with Crippen molar-refractivity contribution in [3.05, 3.63) is 102 Å². The van der Waals surface area contributed by atoms with Crippen molar-refractivity contribution in [1.29, 1.82) is 0 Å². The largest absolute Gasteiger partial charge is 1.00 e. The lowest BCUT2D eigenvalue weighted by atomic mass is 9.98. The molecule has 0 aliphatic rings. The van der Waals surface area contributed by atoms with Crippen LogP contribution in [0.4, 0.5) is 0 Å². The monoisotopic (exact) mass is 636 g/mol. The van der Waals surface area contributed by atoms with Gasteiger partial charge in [0.15, 0.2) is 11.5 Å². The zero-order valence-electron chi connectivity index (χ0n) is 24.4. The van der Waals surface area contributed by atoms with Gasteiger partial charge in [-0.2, -0.15) is 0 Å². The van der Waals surface area contributed by atoms with Crippen molar-refractivity contribution in [2.45, 2.75) is 51.9 Å². The Hall–Kier alpha value is -3.01. The summed E-state index contributed by atoms with van der Waals surface area (Å²) in [4.78, 5) is 0. The van der Waals surface area contributed by atoms with Gasteiger partial charge in [-0.05, 0) is 69.0 Å². The molecule has 0 heterocycles. The molecule has 0 unspecified atom stereocenters. The first-order valence-electron chi connectivity index (χ1n) is 14.2. The van der Waals surface area contributed by atoms with Crippen molar-refractivity contribution in [3.8, 4) is 23.0 Å². The van der Waals surface area contributed by atoms with E-state index in [4.69, 9.17) is 9.47 Å². The fourth-order valence-corrected chi connectivity index (χ4v) is 10.2. The van der Waals surface area contributed by atoms with E-state index in [1.54, 1.807) is 0 Å². The molecule has 0 aliphatic carbocycles. The highest BCUT2D eigenvalue weighted by molar-refractivity contribution is 7.95. The summed E-state index contributed by atoms with van der Waals surface area (Å²) in [7, 11) is 1.17. The summed E-state index contributed by atoms with van der Waals surface area (Å²) >= 11 is 0. The summed E-state index contributed by atoms with van der Waals surface area (Å²) < 4.78 is 10.5. The molecule has 0 saturated heterocycles. The molecule has 0 bridgehead atoms. The molecule has 4 aromatic carbocycles. The molecule has 0 aliphatic heterocycles. The molecule has 41 heavy (non-hydrogen) atoms. The zero-order valence-corrected chi connectivity index (χ0v) is 26.8. The number of aromatic hydroxyl groups is 2. The van der Waals surface area contributed by atoms with Gasteiger partial charge in [-0.25, -0.2) is 0 Å². The fourth-order valence-electron chi connectivity index (χ4n) is 5.77. The van der Waals surface area contributed by atoms with E-state index in [1.807, 2.05) is 6.92 Å². The lowest BCUT2D eigenvalue weighted by Crippen LogP contribution is -3.00. The van der Waals surface area contributed by atoms with E-state index in [0.717, 1.165) is 31.0 Å². The first-order chi connectivity index (χ1) is 19.5. The highest BCUT2D eigenvalue weighted by Gasteiger charge is 2.44. The molecule has 0 fully saturated rings. The molecule has 0 spiro atoms. The van der Waals surface area contributed by atoms with Crippen LogP contribution in [-0.2, 0) is 6.42 Å². The predicted molar refractivity (Wildman–Crippen MR) is 169 cm³/mol. The van der Waals surface area contributed by atoms with Crippen molar-refractivity contribution >= 4 is 23.2 Å². The lowest BCUT2D eigenvalue weighted by molar-refractivity contribution is -0.0000103. The van der Waals surface area contributed by atoms with Gasteiger partial charge in [-0.3, -0.25) is 0 Å². The molecule has 0 amide bonds. The Bertz CT molecular complexity index is 1250. The second-order valence-electron chi connectivity index (χ2n) is 10.3. The number of hydrogen-bond donors (Lipinski definition) is 2. The summed E-state index contributed by atoms with van der Waals surface area (Å²) in [6.45, 7) is 1.81. The second kappa shape index (κ2) is 15.8. The minimum absolute atomic E-state index is 0. The van der Waals surface area contributed by atoms with Gasteiger partial charge in [0.2, 0.25) is 11.5 Å². The van der Waals surface area contributed by atoms with Crippen LogP contribution in [0.3, 0.4) is 0 Å². The number of ether oxygens (including phenoxy) is 2. The number of methoxy groups -OCH3 is 2. The first-order valence-corrected chi connectivity index (χ1v) is 16.2. The maximum absolute atomic E-state index is 10.7. The van der Waals surface area contributed by atoms with Gasteiger partial charge >= 0.3 is 0 Å². The highest BCUT2D eigenvalue weighted by Crippen LogP contribution is 2.56. The van der Waals surface area contributed by atoms with Gasteiger partial charge in [0.05, 0.1) is 20.4 Å². The molecule has 4 rings (SSSR count). The van der Waals surface area contributed by atoms with Crippen LogP contribution in [0.2, 0.25) is 0 Å². The maximum atomic E-state index is 10.7. The summed E-state index contributed by atoms with van der Waals surface area (Å²) in [6, 6.07) is 33.3. The molecule has 6 heteroatoms. The quantitative estimate of drug-likeness (QED) is 0.123. The van der Waals surface area contributed by atoms with Crippen LogP contribution in [0.25, 0.3) is 0 Å². The number of phenols is 2. The molecular formula is C35H42BrO4P. The van der Waals surface area contributed by atoms with E-state index in [-0.39, 0.29) is 40.0 Å². The van der Waals surface area contributed by atoms with Crippen molar-refractivity contribution in [2.24, 2.45) is 0 Å². The van der Waals surface area contributed by atoms with Crippen LogP contribution in [0.15, 0.2) is 91.0 Å². The number of halogens is 1. The summed E-state index contributed by atoms with van der Waals surface area (Å²) in [5, 5.41) is 25.6. The van der Waals surface area contributed by atoms with Crippen LogP contribution in [0.1, 0.15) is 49.7 Å². The third kappa shape index (κ3) is 7.26. The Balaban J connectivity index is 0.00000462. The zero-order chi connectivity index (χ0) is 28.4. The molecule has 0 saturated carbocycles. The number of hydrogen-bond acceptors (Lipinski definition) is 4. The Morgan fingerprint density at radius 1 is 0.561 bits per heavy atom. The molecule has 218 valence electrons. The number of benzene rings is 4. The van der Waals surface area contributed by atoms with E-state index in [1.165, 1.54) is 49.4 Å². The van der Waals surface area contributed by atoms with Gasteiger partial charge in [0, 0.05) is 11.1 Å². The predicted octanol–water partition coefficient (Wildman–Crippen LogP) is 4.30. The third-order valence-corrected chi connectivity index (χ3v) is 12.4. The normalized spacial score (nSPS) is 11.1. The van der Waals surface area contributed by atoms with E-state index in [2.05, 4.69) is 91.0 Å². The molecule has 2 N–H and O–H groups in total. The molecule has 4 aromatic rings. The standard InChI is InChI=1S/C35H41O4P.BrH/c1-27-31(33(37)35(39-3)34(38-2)32(27)36)25-17-6-4-5-7-18-26-40(28-19-11-8-12-20-28,29-21-13-9-14-22-29)30-23-15-10-16-24-30;/h8-16,19-24H,4-7,17-18,25-26H2,1-3H3,(H-,36,37);1H. The molecular weight excluding hydrogens is 595 g/mol. The van der Waals surface area contributed by atoms with Gasteiger partial charge in [0.25, 0.3) is 0 Å². The fraction of sp³-hybridized carbons (Fsp3) is 0.314. The van der Waals surface area contributed by atoms with Gasteiger partial charge < -0.3 is 36.7 Å². The second-order valence-corrected chi connectivity index (χ2v) is 13.9. The smallest absolute Gasteiger partial charge is 0.207 e. The first kappa shape index (κ1) is 32.5. The van der Waals surface area contributed by atoms with Gasteiger partial charge in [0.1, 0.15) is 23.2 Å². The average molecular weight is 638 g/mol. The van der Waals surface area contributed by atoms with Crippen LogP contribution in [0.5, 0.6) is 23.0 Å².